The van der Waals surface area contributed by atoms with Gasteiger partial charge in [0, 0.05) is 16.1 Å². The lowest BCUT2D eigenvalue weighted by Gasteiger charge is -2.15. The van der Waals surface area contributed by atoms with Gasteiger partial charge in [0.25, 0.3) is 0 Å². The number of halogens is 2. The molecule has 15 heavy (non-hydrogen) atoms. The van der Waals surface area contributed by atoms with Crippen LogP contribution in [-0.4, -0.2) is 0 Å². The molecular weight excluding hydrogens is 229 g/mol. The molecule has 0 amide bonds. The molecule has 0 bridgehead atoms. The van der Waals surface area contributed by atoms with Crippen molar-refractivity contribution in [2.24, 2.45) is 11.7 Å². The molecule has 1 atom stereocenters. The average molecular weight is 246 g/mol. The van der Waals surface area contributed by atoms with E-state index in [0.29, 0.717) is 16.0 Å². The minimum atomic E-state index is 0.0113. The van der Waals surface area contributed by atoms with Crippen molar-refractivity contribution in [1.82, 2.24) is 0 Å². The van der Waals surface area contributed by atoms with Crippen LogP contribution in [0.25, 0.3) is 0 Å². The van der Waals surface area contributed by atoms with Crippen molar-refractivity contribution in [2.45, 2.75) is 32.7 Å². The highest BCUT2D eigenvalue weighted by molar-refractivity contribution is 6.35. The van der Waals surface area contributed by atoms with Crippen molar-refractivity contribution >= 4 is 23.2 Å². The smallest absolute Gasteiger partial charge is 0.0468 e. The molecule has 2 N–H and O–H groups in total. The van der Waals surface area contributed by atoms with Crippen LogP contribution in [0.3, 0.4) is 0 Å². The normalized spacial score (nSPS) is 13.2. The maximum atomic E-state index is 6.08. The van der Waals surface area contributed by atoms with E-state index in [1.54, 1.807) is 6.07 Å². The largest absolute Gasteiger partial charge is 0.324 e. The highest BCUT2D eigenvalue weighted by Crippen LogP contribution is 2.28. The summed E-state index contributed by atoms with van der Waals surface area (Å²) in [5, 5.41) is 1.32. The van der Waals surface area contributed by atoms with E-state index in [2.05, 4.69) is 13.8 Å². The minimum Gasteiger partial charge on any atom is -0.324 e. The molecule has 0 fully saturated rings. The molecule has 3 heteroatoms. The Labute approximate surface area is 102 Å². The monoisotopic (exact) mass is 245 g/mol. The van der Waals surface area contributed by atoms with Gasteiger partial charge in [0.1, 0.15) is 0 Å². The fourth-order valence-corrected chi connectivity index (χ4v) is 2.02. The highest BCUT2D eigenvalue weighted by Gasteiger charge is 2.10. The Balaban J connectivity index is 2.69. The fraction of sp³-hybridized carbons (Fsp3) is 0.500. The predicted octanol–water partition coefficient (Wildman–Crippen LogP) is 4.43. The molecule has 0 aliphatic carbocycles. The van der Waals surface area contributed by atoms with Crippen LogP contribution in [0.4, 0.5) is 0 Å². The Morgan fingerprint density at radius 3 is 2.40 bits per heavy atom. The van der Waals surface area contributed by atoms with Crippen molar-refractivity contribution in [1.29, 1.82) is 0 Å². The van der Waals surface area contributed by atoms with Crippen LogP contribution in [0.5, 0.6) is 0 Å². The molecule has 0 aliphatic heterocycles. The summed E-state index contributed by atoms with van der Waals surface area (Å²) in [6.07, 6.45) is 2.07. The SMILES string of the molecule is CC(C)CCC(N)c1ccc(Cl)cc1Cl. The van der Waals surface area contributed by atoms with Crippen molar-refractivity contribution in [3.63, 3.8) is 0 Å². The van der Waals surface area contributed by atoms with Gasteiger partial charge in [0.05, 0.1) is 0 Å². The van der Waals surface area contributed by atoms with Gasteiger partial charge in [0.15, 0.2) is 0 Å². The topological polar surface area (TPSA) is 26.0 Å². The molecule has 0 aromatic heterocycles. The zero-order valence-corrected chi connectivity index (χ0v) is 10.6. The van der Waals surface area contributed by atoms with Gasteiger partial charge < -0.3 is 5.73 Å². The van der Waals surface area contributed by atoms with Gasteiger partial charge in [-0.05, 0) is 36.5 Å². The van der Waals surface area contributed by atoms with E-state index in [-0.39, 0.29) is 6.04 Å². The molecular formula is C12H17Cl2N. The lowest BCUT2D eigenvalue weighted by atomic mass is 9.98. The Morgan fingerprint density at radius 1 is 1.20 bits per heavy atom. The highest BCUT2D eigenvalue weighted by atomic mass is 35.5. The zero-order valence-electron chi connectivity index (χ0n) is 9.13. The lowest BCUT2D eigenvalue weighted by Crippen LogP contribution is -2.11. The molecule has 84 valence electrons. The number of hydrogen-bond donors (Lipinski definition) is 1. The third kappa shape index (κ3) is 4.02. The molecule has 0 aliphatic rings. The molecule has 1 aromatic rings. The van der Waals surface area contributed by atoms with E-state index < -0.39 is 0 Å². The Morgan fingerprint density at radius 2 is 1.87 bits per heavy atom. The van der Waals surface area contributed by atoms with E-state index in [0.717, 1.165) is 18.4 Å². The maximum Gasteiger partial charge on any atom is 0.0468 e. The molecule has 1 nitrogen and oxygen atoms in total. The quantitative estimate of drug-likeness (QED) is 0.835. The first-order valence-electron chi connectivity index (χ1n) is 5.21. The third-order valence-corrected chi connectivity index (χ3v) is 2.98. The van der Waals surface area contributed by atoms with Crippen molar-refractivity contribution in [2.75, 3.05) is 0 Å². The number of benzene rings is 1. The van der Waals surface area contributed by atoms with Gasteiger partial charge in [-0.15, -0.1) is 0 Å². The second kappa shape index (κ2) is 5.74. The van der Waals surface area contributed by atoms with Gasteiger partial charge in [0.2, 0.25) is 0 Å². The molecule has 1 unspecified atom stereocenters. The van der Waals surface area contributed by atoms with Gasteiger partial charge in [-0.2, -0.15) is 0 Å². The van der Waals surface area contributed by atoms with Crippen molar-refractivity contribution in [3.05, 3.63) is 33.8 Å². The molecule has 1 aromatic carbocycles. The van der Waals surface area contributed by atoms with Crippen LogP contribution < -0.4 is 5.73 Å². The molecule has 0 saturated carbocycles. The first-order chi connectivity index (χ1) is 7.00. The van der Waals surface area contributed by atoms with Gasteiger partial charge in [-0.3, -0.25) is 0 Å². The number of hydrogen-bond acceptors (Lipinski definition) is 1. The predicted molar refractivity (Wildman–Crippen MR) is 67.5 cm³/mol. The summed E-state index contributed by atoms with van der Waals surface area (Å²) in [6, 6.07) is 5.50. The Kier molecular flexibility index (Phi) is 4.91. The number of nitrogens with two attached hydrogens (primary N) is 1. The van der Waals surface area contributed by atoms with Gasteiger partial charge in [-0.1, -0.05) is 43.1 Å². The average Bonchev–Trinajstić information content (AvgIpc) is 2.14. The maximum absolute atomic E-state index is 6.08. The van der Waals surface area contributed by atoms with Crippen LogP contribution in [-0.2, 0) is 0 Å². The van der Waals surface area contributed by atoms with Crippen molar-refractivity contribution < 1.29 is 0 Å². The van der Waals surface area contributed by atoms with Gasteiger partial charge in [-0.25, -0.2) is 0 Å². The van der Waals surface area contributed by atoms with Gasteiger partial charge >= 0.3 is 0 Å². The van der Waals surface area contributed by atoms with Crippen LogP contribution >= 0.6 is 23.2 Å². The fourth-order valence-electron chi connectivity index (χ4n) is 1.47. The molecule has 1 rings (SSSR count). The molecule has 0 heterocycles. The summed E-state index contributed by atoms with van der Waals surface area (Å²) < 4.78 is 0. The summed E-state index contributed by atoms with van der Waals surface area (Å²) >= 11 is 11.9. The second-order valence-corrected chi connectivity index (χ2v) is 5.09. The second-order valence-electron chi connectivity index (χ2n) is 4.24. The zero-order chi connectivity index (χ0) is 11.4. The van der Waals surface area contributed by atoms with Crippen molar-refractivity contribution in [3.8, 4) is 0 Å². The van der Waals surface area contributed by atoms with E-state index in [9.17, 15) is 0 Å². The summed E-state index contributed by atoms with van der Waals surface area (Å²) in [6.45, 7) is 4.38. The van der Waals surface area contributed by atoms with E-state index in [4.69, 9.17) is 28.9 Å². The minimum absolute atomic E-state index is 0.0113. The first-order valence-corrected chi connectivity index (χ1v) is 5.97. The van der Waals surface area contributed by atoms with E-state index in [1.165, 1.54) is 0 Å². The van der Waals surface area contributed by atoms with Crippen LogP contribution in [0.2, 0.25) is 10.0 Å². The number of rotatable bonds is 4. The van der Waals surface area contributed by atoms with E-state index in [1.807, 2.05) is 12.1 Å². The lowest BCUT2D eigenvalue weighted by molar-refractivity contribution is 0.507. The first kappa shape index (κ1) is 12.8. The standard InChI is InChI=1S/C12H17Cl2N/c1-8(2)3-6-12(15)10-5-4-9(13)7-11(10)14/h4-5,7-8,12H,3,6,15H2,1-2H3. The molecule has 0 spiro atoms. The third-order valence-electron chi connectivity index (χ3n) is 2.42. The summed E-state index contributed by atoms with van der Waals surface area (Å²) in [4.78, 5) is 0. The molecule has 0 radical (unpaired) electrons. The summed E-state index contributed by atoms with van der Waals surface area (Å²) in [5.41, 5.74) is 7.05. The summed E-state index contributed by atoms with van der Waals surface area (Å²) in [7, 11) is 0. The van der Waals surface area contributed by atoms with Crippen LogP contribution in [0.1, 0.15) is 38.3 Å². The van der Waals surface area contributed by atoms with Crippen LogP contribution in [0.15, 0.2) is 18.2 Å². The summed E-state index contributed by atoms with van der Waals surface area (Å²) in [5.74, 6) is 0.669. The molecule has 0 saturated heterocycles. The Bertz CT molecular complexity index is 323. The Hall–Kier alpha value is -0.240. The van der Waals surface area contributed by atoms with E-state index >= 15 is 0 Å². The van der Waals surface area contributed by atoms with Crippen LogP contribution in [0, 0.1) is 5.92 Å².